The van der Waals surface area contributed by atoms with Crippen LogP contribution in [0.25, 0.3) is 0 Å². The topological polar surface area (TPSA) is 134 Å². The number of hydrogen-bond acceptors (Lipinski definition) is 6. The van der Waals surface area contributed by atoms with E-state index in [2.05, 4.69) is 20.7 Å². The zero-order chi connectivity index (χ0) is 15.1. The van der Waals surface area contributed by atoms with Crippen LogP contribution >= 0.6 is 0 Å². The van der Waals surface area contributed by atoms with Crippen LogP contribution in [0.4, 0.5) is 0 Å². The molecule has 1 unspecified atom stereocenters. The number of methoxy groups -OCH3 is 1. The molecule has 2 atom stereocenters. The van der Waals surface area contributed by atoms with E-state index in [9.17, 15) is 19.2 Å². The fourth-order valence-corrected chi connectivity index (χ4v) is 1.65. The lowest BCUT2D eigenvalue weighted by atomic mass is 10.1. The summed E-state index contributed by atoms with van der Waals surface area (Å²) in [7, 11) is 1.20. The van der Waals surface area contributed by atoms with Crippen molar-refractivity contribution in [3.05, 3.63) is 0 Å². The van der Waals surface area contributed by atoms with Crippen molar-refractivity contribution in [1.82, 2.24) is 16.0 Å². The van der Waals surface area contributed by atoms with Crippen LogP contribution in [0.5, 0.6) is 0 Å². The van der Waals surface area contributed by atoms with Gasteiger partial charge in [-0.05, 0) is 6.42 Å². The fourth-order valence-electron chi connectivity index (χ4n) is 1.65. The Morgan fingerprint density at radius 3 is 2.70 bits per heavy atom. The highest BCUT2D eigenvalue weighted by Gasteiger charge is 2.28. The number of rotatable bonds is 6. The van der Waals surface area contributed by atoms with Gasteiger partial charge < -0.3 is 20.5 Å². The first kappa shape index (κ1) is 15.9. The molecule has 0 aromatic heterocycles. The van der Waals surface area contributed by atoms with E-state index in [1.54, 1.807) is 0 Å². The number of carboxylic acids is 1. The number of nitrogens with one attached hydrogen (secondary N) is 3. The highest BCUT2D eigenvalue weighted by Crippen LogP contribution is 2.01. The van der Waals surface area contributed by atoms with Crippen LogP contribution in [-0.4, -0.2) is 61.1 Å². The van der Waals surface area contributed by atoms with Crippen LogP contribution in [0.15, 0.2) is 0 Å². The van der Waals surface area contributed by atoms with E-state index >= 15 is 0 Å². The Bertz CT molecular complexity index is 401. The van der Waals surface area contributed by atoms with E-state index in [1.807, 2.05) is 0 Å². The van der Waals surface area contributed by atoms with Gasteiger partial charge in [-0.3, -0.25) is 19.7 Å². The number of esters is 1. The first-order valence-corrected chi connectivity index (χ1v) is 6.04. The smallest absolute Gasteiger partial charge is 0.326 e. The SMILES string of the molecule is COC(=O)CC[C@@H](NC(=O)C1CNC(=O)CN1)C(=O)O. The minimum atomic E-state index is -1.23. The second kappa shape index (κ2) is 7.43. The Kier molecular flexibility index (Phi) is 5.91. The number of hydrogen-bond donors (Lipinski definition) is 4. The molecule has 1 aliphatic rings. The van der Waals surface area contributed by atoms with Crippen molar-refractivity contribution >= 4 is 23.8 Å². The average Bonchev–Trinajstić information content (AvgIpc) is 2.43. The third-order valence-corrected chi connectivity index (χ3v) is 2.81. The van der Waals surface area contributed by atoms with E-state index in [-0.39, 0.29) is 31.8 Å². The van der Waals surface area contributed by atoms with Crippen LogP contribution in [0.1, 0.15) is 12.8 Å². The van der Waals surface area contributed by atoms with Crippen LogP contribution < -0.4 is 16.0 Å². The van der Waals surface area contributed by atoms with Gasteiger partial charge >= 0.3 is 11.9 Å². The summed E-state index contributed by atoms with van der Waals surface area (Å²) < 4.78 is 4.41. The van der Waals surface area contributed by atoms with E-state index < -0.39 is 29.9 Å². The third-order valence-electron chi connectivity index (χ3n) is 2.81. The molecule has 2 amide bonds. The number of carboxylic acid groups (broad SMARTS) is 1. The summed E-state index contributed by atoms with van der Waals surface area (Å²) >= 11 is 0. The molecule has 0 radical (unpaired) electrons. The number of ether oxygens (including phenoxy) is 1. The van der Waals surface area contributed by atoms with Crippen LogP contribution in [0, 0.1) is 0 Å². The summed E-state index contributed by atoms with van der Waals surface area (Å²) in [5, 5.41) is 16.5. The molecule has 9 nitrogen and oxygen atoms in total. The van der Waals surface area contributed by atoms with E-state index in [0.717, 1.165) is 0 Å². The van der Waals surface area contributed by atoms with Gasteiger partial charge in [0, 0.05) is 13.0 Å². The molecule has 0 aromatic rings. The van der Waals surface area contributed by atoms with Gasteiger partial charge in [0.15, 0.2) is 0 Å². The predicted octanol–water partition coefficient (Wildman–Crippen LogP) is -2.40. The van der Waals surface area contributed by atoms with E-state index in [0.29, 0.717) is 0 Å². The van der Waals surface area contributed by atoms with Crippen molar-refractivity contribution in [3.8, 4) is 0 Å². The third kappa shape index (κ3) is 4.84. The first-order chi connectivity index (χ1) is 9.43. The van der Waals surface area contributed by atoms with Crippen LogP contribution in [0.2, 0.25) is 0 Å². The highest BCUT2D eigenvalue weighted by atomic mass is 16.5. The second-order valence-electron chi connectivity index (χ2n) is 4.25. The molecular formula is C11H17N3O6. The zero-order valence-corrected chi connectivity index (χ0v) is 11.0. The summed E-state index contributed by atoms with van der Waals surface area (Å²) in [6, 6.07) is -1.87. The normalized spacial score (nSPS) is 19.6. The molecule has 1 rings (SSSR count). The zero-order valence-electron chi connectivity index (χ0n) is 11.0. The first-order valence-electron chi connectivity index (χ1n) is 6.04. The number of carbonyl (C=O) groups excluding carboxylic acids is 3. The molecule has 1 saturated heterocycles. The van der Waals surface area contributed by atoms with Gasteiger partial charge in [0.1, 0.15) is 12.1 Å². The van der Waals surface area contributed by atoms with Gasteiger partial charge in [0.25, 0.3) is 0 Å². The maximum absolute atomic E-state index is 11.8. The van der Waals surface area contributed by atoms with Crippen molar-refractivity contribution in [3.63, 3.8) is 0 Å². The molecule has 1 fully saturated rings. The Morgan fingerprint density at radius 2 is 2.20 bits per heavy atom. The summed E-state index contributed by atoms with van der Waals surface area (Å²) in [6.45, 7) is 0.0893. The molecule has 0 spiro atoms. The number of amides is 2. The Hall–Kier alpha value is -2.16. The van der Waals surface area contributed by atoms with Crippen molar-refractivity contribution in [2.75, 3.05) is 20.2 Å². The number of carbonyl (C=O) groups is 4. The lowest BCUT2D eigenvalue weighted by Crippen LogP contribution is -2.59. The van der Waals surface area contributed by atoms with Crippen LogP contribution in [-0.2, 0) is 23.9 Å². The Morgan fingerprint density at radius 1 is 1.50 bits per heavy atom. The Balaban J connectivity index is 2.48. The lowest BCUT2D eigenvalue weighted by molar-refractivity contribution is -0.144. The molecule has 1 aliphatic heterocycles. The monoisotopic (exact) mass is 287 g/mol. The predicted molar refractivity (Wildman–Crippen MR) is 65.6 cm³/mol. The van der Waals surface area contributed by atoms with Crippen molar-refractivity contribution in [2.24, 2.45) is 0 Å². The van der Waals surface area contributed by atoms with Crippen molar-refractivity contribution in [2.45, 2.75) is 24.9 Å². The molecule has 0 aliphatic carbocycles. The quantitative estimate of drug-likeness (QED) is 0.400. The molecule has 1 heterocycles. The summed E-state index contributed by atoms with van der Waals surface area (Å²) in [5.41, 5.74) is 0. The average molecular weight is 287 g/mol. The molecule has 20 heavy (non-hydrogen) atoms. The van der Waals surface area contributed by atoms with Crippen molar-refractivity contribution in [1.29, 1.82) is 0 Å². The molecule has 4 N–H and O–H groups in total. The van der Waals surface area contributed by atoms with Gasteiger partial charge in [-0.25, -0.2) is 4.79 Å². The van der Waals surface area contributed by atoms with Gasteiger partial charge in [-0.15, -0.1) is 0 Å². The maximum Gasteiger partial charge on any atom is 0.326 e. The van der Waals surface area contributed by atoms with E-state index in [1.165, 1.54) is 7.11 Å². The van der Waals surface area contributed by atoms with Crippen LogP contribution in [0.3, 0.4) is 0 Å². The van der Waals surface area contributed by atoms with Gasteiger partial charge in [-0.1, -0.05) is 0 Å². The van der Waals surface area contributed by atoms with Crippen molar-refractivity contribution < 1.29 is 29.0 Å². The highest BCUT2D eigenvalue weighted by molar-refractivity contribution is 5.89. The van der Waals surface area contributed by atoms with Gasteiger partial charge in [-0.2, -0.15) is 0 Å². The molecular weight excluding hydrogens is 270 g/mol. The summed E-state index contributed by atoms with van der Waals surface area (Å²) in [4.78, 5) is 44.7. The molecule has 0 bridgehead atoms. The lowest BCUT2D eigenvalue weighted by Gasteiger charge is -2.24. The minimum absolute atomic E-state index is 0.00200. The van der Waals surface area contributed by atoms with Gasteiger partial charge in [0.05, 0.1) is 13.7 Å². The molecule has 0 aromatic carbocycles. The summed E-state index contributed by atoms with van der Waals surface area (Å²) in [5.74, 6) is -2.55. The standard InChI is InChI=1S/C11H17N3O6/c1-20-9(16)3-2-6(11(18)19)14-10(17)7-4-13-8(15)5-12-7/h6-7,12H,2-5H2,1H3,(H,13,15)(H,14,17)(H,18,19)/t6-,7?/m1/s1. The Labute approximate surface area is 115 Å². The number of aliphatic carboxylic acids is 1. The maximum atomic E-state index is 11.8. The number of piperazine rings is 1. The van der Waals surface area contributed by atoms with Gasteiger partial charge in [0.2, 0.25) is 11.8 Å². The molecule has 112 valence electrons. The molecule has 0 saturated carbocycles. The van der Waals surface area contributed by atoms with E-state index in [4.69, 9.17) is 5.11 Å². The second-order valence-corrected chi connectivity index (χ2v) is 4.25. The minimum Gasteiger partial charge on any atom is -0.480 e. The largest absolute Gasteiger partial charge is 0.480 e. The summed E-state index contributed by atoms with van der Waals surface area (Å²) in [6.07, 6.45) is -0.171. The fraction of sp³-hybridized carbons (Fsp3) is 0.636. The molecule has 9 heteroatoms.